The number of hydrogen-bond donors (Lipinski definition) is 0. The number of carbonyl (C=O) groups excluding carboxylic acids is 2. The van der Waals surface area contributed by atoms with Crippen LogP contribution in [0.5, 0.6) is 0 Å². The van der Waals surface area contributed by atoms with Crippen LogP contribution in [0.1, 0.15) is 103 Å². The minimum absolute atomic E-state index is 0. The summed E-state index contributed by atoms with van der Waals surface area (Å²) in [5, 5.41) is 20.2. The van der Waals surface area contributed by atoms with Crippen molar-refractivity contribution in [2.45, 2.75) is 115 Å². The summed E-state index contributed by atoms with van der Waals surface area (Å²) >= 11 is 0. The molecule has 2 aliphatic heterocycles. The van der Waals surface area contributed by atoms with Gasteiger partial charge < -0.3 is 29.3 Å². The number of epoxide rings is 2. The van der Waals surface area contributed by atoms with Crippen LogP contribution in [0.3, 0.4) is 0 Å². The quantitative estimate of drug-likeness (QED) is 0.159. The third-order valence-electron chi connectivity index (χ3n) is 5.12. The van der Waals surface area contributed by atoms with Crippen LogP contribution in [0, 0.1) is 0 Å². The molecule has 6 nitrogen and oxygen atoms in total. The molecule has 0 amide bonds. The van der Waals surface area contributed by atoms with Crippen molar-refractivity contribution in [2.24, 2.45) is 0 Å². The molecule has 0 aliphatic carbocycles. The Morgan fingerprint density at radius 2 is 0.862 bits per heavy atom. The fourth-order valence-corrected chi connectivity index (χ4v) is 3.17. The summed E-state index contributed by atoms with van der Waals surface area (Å²) in [5.74, 6) is -1.84. The fourth-order valence-electron chi connectivity index (χ4n) is 3.17. The molecule has 29 heavy (non-hydrogen) atoms. The van der Waals surface area contributed by atoms with Crippen molar-refractivity contribution in [3.63, 3.8) is 0 Å². The van der Waals surface area contributed by atoms with Gasteiger partial charge in [-0.05, 0) is 38.5 Å². The Labute approximate surface area is 196 Å². The van der Waals surface area contributed by atoms with E-state index in [2.05, 4.69) is 0 Å². The van der Waals surface area contributed by atoms with Gasteiger partial charge in [-0.1, -0.05) is 64.2 Å². The molecule has 0 aromatic rings. The number of carbonyl (C=O) groups is 2. The second kappa shape index (κ2) is 19.7. The molecule has 0 bridgehead atoms. The molecule has 164 valence electrons. The average molecular weight is 511 g/mol. The zero-order valence-electron chi connectivity index (χ0n) is 18.0. The maximum absolute atomic E-state index is 10.1. The van der Waals surface area contributed by atoms with Crippen molar-refractivity contribution in [1.29, 1.82) is 0 Å². The Balaban J connectivity index is 0.000000523. The summed E-state index contributed by atoms with van der Waals surface area (Å²) in [5.41, 5.74) is 0. The van der Waals surface area contributed by atoms with Gasteiger partial charge in [-0.25, -0.2) is 0 Å². The first kappa shape index (κ1) is 28.8. The van der Waals surface area contributed by atoms with Crippen molar-refractivity contribution < 1.29 is 56.6 Å². The third kappa shape index (κ3) is 23.9. The van der Waals surface area contributed by atoms with Gasteiger partial charge in [0.25, 0.3) is 0 Å². The van der Waals surface area contributed by atoms with E-state index in [9.17, 15) is 19.8 Å². The zero-order chi connectivity index (χ0) is 20.5. The van der Waals surface area contributed by atoms with E-state index in [-0.39, 0.29) is 40.1 Å². The largest absolute Gasteiger partial charge is 2.00 e. The van der Waals surface area contributed by atoms with Crippen LogP contribution in [-0.4, -0.2) is 37.4 Å². The Kier molecular flexibility index (Phi) is 19.6. The van der Waals surface area contributed by atoms with Crippen LogP contribution < -0.4 is 10.2 Å². The van der Waals surface area contributed by atoms with Crippen LogP contribution >= 0.6 is 0 Å². The standard InChI is InChI=1S/2C11H20O3.Cd/c2*12-11(13)8-6-4-2-1-3-5-7-10-9-14-10;/h2*10H,1-9H2,(H,12,13);/q;;+2/p-2. The van der Waals surface area contributed by atoms with E-state index in [4.69, 9.17) is 9.47 Å². The minimum Gasteiger partial charge on any atom is -0.550 e. The maximum atomic E-state index is 10.1. The molecule has 0 saturated carbocycles. The first-order valence-electron chi connectivity index (χ1n) is 11.2. The number of carboxylic acids is 2. The van der Waals surface area contributed by atoms with Crippen molar-refractivity contribution in [1.82, 2.24) is 0 Å². The molecule has 2 aliphatic rings. The normalized spacial score (nSPS) is 18.9. The molecular weight excluding hydrogens is 473 g/mol. The molecule has 2 rings (SSSR count). The Morgan fingerprint density at radius 3 is 1.14 bits per heavy atom. The van der Waals surface area contributed by atoms with Crippen LogP contribution in [0.25, 0.3) is 0 Å². The third-order valence-corrected chi connectivity index (χ3v) is 5.12. The number of carboxylic acid groups (broad SMARTS) is 2. The summed E-state index contributed by atoms with van der Waals surface area (Å²) in [4.78, 5) is 20.2. The minimum atomic E-state index is -0.920. The van der Waals surface area contributed by atoms with Gasteiger partial charge in [-0.3, -0.25) is 0 Å². The molecule has 2 heterocycles. The van der Waals surface area contributed by atoms with Gasteiger partial charge in [0, 0.05) is 11.9 Å². The molecule has 0 radical (unpaired) electrons. The maximum Gasteiger partial charge on any atom is 2.00 e. The molecule has 0 aromatic heterocycles. The van der Waals surface area contributed by atoms with E-state index < -0.39 is 11.9 Å². The van der Waals surface area contributed by atoms with Gasteiger partial charge in [-0.15, -0.1) is 0 Å². The summed E-state index contributed by atoms with van der Waals surface area (Å²) in [6.45, 7) is 1.93. The molecular formula is C22H38CdO6. The number of unbranched alkanes of at least 4 members (excludes halogenated alkanes) is 10. The number of rotatable bonds is 18. The predicted molar refractivity (Wildman–Crippen MR) is 103 cm³/mol. The summed E-state index contributed by atoms with van der Waals surface area (Å²) in [6.07, 6.45) is 17.3. The second-order valence-electron chi connectivity index (χ2n) is 7.97. The number of ether oxygens (including phenoxy) is 2. The summed E-state index contributed by atoms with van der Waals surface area (Å²) in [6, 6.07) is 0. The predicted octanol–water partition coefficient (Wildman–Crippen LogP) is 2.51. The van der Waals surface area contributed by atoms with Crippen molar-refractivity contribution in [3.8, 4) is 0 Å². The van der Waals surface area contributed by atoms with Crippen LogP contribution in [0.15, 0.2) is 0 Å². The van der Waals surface area contributed by atoms with E-state index in [0.29, 0.717) is 12.2 Å². The van der Waals surface area contributed by atoms with Gasteiger partial charge in [0.05, 0.1) is 25.4 Å². The topological polar surface area (TPSA) is 105 Å². The molecule has 0 aromatic carbocycles. The van der Waals surface area contributed by atoms with E-state index in [1.54, 1.807) is 0 Å². The van der Waals surface area contributed by atoms with E-state index in [0.717, 1.165) is 51.7 Å². The molecule has 7 heteroatoms. The van der Waals surface area contributed by atoms with Crippen molar-refractivity contribution in [2.75, 3.05) is 13.2 Å². The Bertz CT molecular complexity index is 372. The van der Waals surface area contributed by atoms with Gasteiger partial charge in [0.15, 0.2) is 0 Å². The molecule has 0 spiro atoms. The zero-order valence-corrected chi connectivity index (χ0v) is 22.1. The fraction of sp³-hybridized carbons (Fsp3) is 0.909. The molecule has 2 atom stereocenters. The van der Waals surface area contributed by atoms with Crippen molar-refractivity contribution in [3.05, 3.63) is 0 Å². The summed E-state index contributed by atoms with van der Waals surface area (Å²) in [7, 11) is 0. The molecule has 2 fully saturated rings. The number of aliphatic carboxylic acids is 2. The summed E-state index contributed by atoms with van der Waals surface area (Å²) < 4.78 is 10.2. The van der Waals surface area contributed by atoms with Crippen LogP contribution in [0.4, 0.5) is 0 Å². The SMILES string of the molecule is O=C([O-])CCCCCCCCC1CO1.O=C([O-])CCCCCCCCC1CO1.[Cd+2]. The smallest absolute Gasteiger partial charge is 0.550 e. The monoisotopic (exact) mass is 512 g/mol. The number of hydrogen-bond acceptors (Lipinski definition) is 6. The molecule has 2 unspecified atom stereocenters. The molecule has 2 saturated heterocycles. The first-order chi connectivity index (χ1) is 13.6. The van der Waals surface area contributed by atoms with Gasteiger partial charge in [-0.2, -0.15) is 0 Å². The molecule has 0 N–H and O–H groups in total. The van der Waals surface area contributed by atoms with Gasteiger partial charge in [0.1, 0.15) is 0 Å². The average Bonchev–Trinajstić information content (AvgIpc) is 3.54. The van der Waals surface area contributed by atoms with E-state index >= 15 is 0 Å². The van der Waals surface area contributed by atoms with Gasteiger partial charge in [0.2, 0.25) is 0 Å². The Hall–Kier alpha value is -0.218. The van der Waals surface area contributed by atoms with Crippen molar-refractivity contribution >= 4 is 11.9 Å². The second-order valence-corrected chi connectivity index (χ2v) is 7.97. The van der Waals surface area contributed by atoms with E-state index in [1.165, 1.54) is 51.4 Å². The van der Waals surface area contributed by atoms with E-state index in [1.807, 2.05) is 0 Å². The van der Waals surface area contributed by atoms with Crippen LogP contribution in [0.2, 0.25) is 0 Å². The Morgan fingerprint density at radius 1 is 0.586 bits per heavy atom. The van der Waals surface area contributed by atoms with Crippen LogP contribution in [-0.2, 0) is 46.4 Å². The van der Waals surface area contributed by atoms with Gasteiger partial charge >= 0.3 is 27.3 Å². The first-order valence-corrected chi connectivity index (χ1v) is 11.2.